The second kappa shape index (κ2) is 11.1. The molecule has 0 aromatic heterocycles. The zero-order valence-corrected chi connectivity index (χ0v) is 16.3. The van der Waals surface area contributed by atoms with Gasteiger partial charge in [-0.1, -0.05) is 24.3 Å². The molecule has 0 aliphatic carbocycles. The van der Waals surface area contributed by atoms with Crippen LogP contribution in [0.2, 0.25) is 0 Å². The molecule has 2 rings (SSSR count). The van der Waals surface area contributed by atoms with E-state index >= 15 is 0 Å². The minimum Gasteiger partial charge on any atom is -0.675 e. The van der Waals surface area contributed by atoms with Crippen molar-refractivity contribution < 1.29 is 16.5 Å². The van der Waals surface area contributed by atoms with Gasteiger partial charge in [-0.05, 0) is 19.6 Å². The molecule has 1 fully saturated rings. The standard InChI is InChI=1S/C17H32N7.Ni/c1-14(21-10-9-20-8-6-18)15-4-3-5-16(23-15)17(2)22-11-13-24(17)12-7-19;/h3-5,15,20,22H,6-13,18-19H2,1-2H3;/q-1;+2. The Labute approximate surface area is 161 Å². The van der Waals surface area contributed by atoms with Gasteiger partial charge in [-0.2, -0.15) is 0 Å². The summed E-state index contributed by atoms with van der Waals surface area (Å²) in [5, 5.41) is 11.8. The van der Waals surface area contributed by atoms with Gasteiger partial charge in [0.1, 0.15) is 0 Å². The Hall–Kier alpha value is -0.756. The molecule has 2 heterocycles. The third kappa shape index (κ3) is 5.88. The molecule has 2 aliphatic heterocycles. The van der Waals surface area contributed by atoms with E-state index in [1.807, 2.05) is 6.92 Å². The van der Waals surface area contributed by atoms with Crippen molar-refractivity contribution in [3.63, 3.8) is 0 Å². The summed E-state index contributed by atoms with van der Waals surface area (Å²) in [4.78, 5) is 7.01. The van der Waals surface area contributed by atoms with Crippen molar-refractivity contribution in [2.45, 2.75) is 25.6 Å². The monoisotopic (exact) mass is 392 g/mol. The van der Waals surface area contributed by atoms with Gasteiger partial charge in [0.25, 0.3) is 0 Å². The van der Waals surface area contributed by atoms with Crippen LogP contribution in [0.3, 0.4) is 0 Å². The van der Waals surface area contributed by atoms with Crippen molar-refractivity contribution in [2.24, 2.45) is 16.5 Å². The first-order valence-electron chi connectivity index (χ1n) is 8.83. The number of rotatable bonds is 9. The molecule has 6 N–H and O–H groups in total. The van der Waals surface area contributed by atoms with Crippen LogP contribution in [-0.2, 0) is 16.5 Å². The molecule has 0 spiro atoms. The fourth-order valence-electron chi connectivity index (χ4n) is 3.15. The van der Waals surface area contributed by atoms with Crippen molar-refractivity contribution in [1.82, 2.24) is 15.5 Å². The van der Waals surface area contributed by atoms with Gasteiger partial charge in [0, 0.05) is 45.8 Å². The molecular weight excluding hydrogens is 361 g/mol. The maximum atomic E-state index is 5.76. The predicted molar refractivity (Wildman–Crippen MR) is 101 cm³/mol. The normalized spacial score (nSPS) is 27.0. The summed E-state index contributed by atoms with van der Waals surface area (Å²) < 4.78 is 0. The molecule has 0 saturated carbocycles. The zero-order valence-electron chi connectivity index (χ0n) is 15.3. The molecule has 25 heavy (non-hydrogen) atoms. The average molecular weight is 393 g/mol. The molecule has 0 amide bonds. The maximum Gasteiger partial charge on any atom is 2.00 e. The molecular formula is C17H32N7Ni+. The van der Waals surface area contributed by atoms with E-state index in [0.717, 1.165) is 50.7 Å². The molecule has 0 aromatic carbocycles. The van der Waals surface area contributed by atoms with Gasteiger partial charge in [-0.3, -0.25) is 15.2 Å². The first-order valence-corrected chi connectivity index (χ1v) is 8.83. The van der Waals surface area contributed by atoms with Crippen LogP contribution < -0.4 is 22.1 Å². The van der Waals surface area contributed by atoms with Gasteiger partial charge < -0.3 is 22.1 Å². The molecule has 144 valence electrons. The van der Waals surface area contributed by atoms with Crippen molar-refractivity contribution in [1.29, 1.82) is 0 Å². The summed E-state index contributed by atoms with van der Waals surface area (Å²) in [5.41, 5.74) is 13.1. The van der Waals surface area contributed by atoms with Crippen molar-refractivity contribution in [3.05, 3.63) is 29.2 Å². The van der Waals surface area contributed by atoms with Gasteiger partial charge in [0.05, 0.1) is 12.2 Å². The summed E-state index contributed by atoms with van der Waals surface area (Å²) in [7, 11) is 0. The second-order valence-electron chi connectivity index (χ2n) is 6.35. The predicted octanol–water partition coefficient (Wildman–Crippen LogP) is -0.231. The largest absolute Gasteiger partial charge is 2.00 e. The van der Waals surface area contributed by atoms with Crippen molar-refractivity contribution >= 4 is 5.71 Å². The van der Waals surface area contributed by atoms with Crippen LogP contribution in [0.15, 0.2) is 28.9 Å². The number of allylic oxidation sites excluding steroid dienone is 2. The molecule has 2 unspecified atom stereocenters. The Morgan fingerprint density at radius 2 is 2.24 bits per heavy atom. The summed E-state index contributed by atoms with van der Waals surface area (Å²) >= 11 is 0. The molecule has 1 saturated heterocycles. The smallest absolute Gasteiger partial charge is 0.675 e. The number of nitrogens with zero attached hydrogens (tertiary/aromatic N) is 3. The van der Waals surface area contributed by atoms with Crippen molar-refractivity contribution in [2.75, 3.05) is 52.4 Å². The Bertz CT molecular complexity index is 491. The van der Waals surface area contributed by atoms with Crippen LogP contribution in [0.4, 0.5) is 0 Å². The zero-order chi connectivity index (χ0) is 17.4. The summed E-state index contributed by atoms with van der Waals surface area (Å²) in [6, 6.07) is 0.0125. The van der Waals surface area contributed by atoms with Crippen LogP contribution in [-0.4, -0.2) is 74.7 Å². The third-order valence-electron chi connectivity index (χ3n) is 4.61. The Balaban J connectivity index is 0.00000312. The first-order chi connectivity index (χ1) is 11.6. The summed E-state index contributed by atoms with van der Waals surface area (Å²) in [6.07, 6.45) is 6.28. The first kappa shape index (κ1) is 22.3. The van der Waals surface area contributed by atoms with E-state index in [0.29, 0.717) is 13.1 Å². The average Bonchev–Trinajstić information content (AvgIpc) is 2.97. The molecule has 0 radical (unpaired) electrons. The van der Waals surface area contributed by atoms with E-state index in [9.17, 15) is 0 Å². The van der Waals surface area contributed by atoms with E-state index in [-0.39, 0.29) is 28.2 Å². The third-order valence-corrected chi connectivity index (χ3v) is 4.61. The van der Waals surface area contributed by atoms with Gasteiger partial charge in [-0.15, -0.1) is 5.70 Å². The van der Waals surface area contributed by atoms with Gasteiger partial charge >= 0.3 is 16.5 Å². The van der Waals surface area contributed by atoms with Gasteiger partial charge in [0.2, 0.25) is 0 Å². The number of aliphatic imine (C=N–C) groups is 1. The van der Waals surface area contributed by atoms with Crippen LogP contribution in [0.25, 0.3) is 5.32 Å². The van der Waals surface area contributed by atoms with E-state index in [1.54, 1.807) is 0 Å². The molecule has 7 nitrogen and oxygen atoms in total. The fourth-order valence-corrected chi connectivity index (χ4v) is 3.15. The molecule has 2 atom stereocenters. The number of nitrogens with two attached hydrogens (primary N) is 2. The summed E-state index contributed by atoms with van der Waals surface area (Å²) in [5.74, 6) is 0. The second-order valence-corrected chi connectivity index (χ2v) is 6.35. The number of hydrogen-bond donors (Lipinski definition) is 4. The van der Waals surface area contributed by atoms with E-state index < -0.39 is 0 Å². The Morgan fingerprint density at radius 1 is 1.44 bits per heavy atom. The van der Waals surface area contributed by atoms with E-state index in [4.69, 9.17) is 16.8 Å². The van der Waals surface area contributed by atoms with Crippen LogP contribution in [0.5, 0.6) is 0 Å². The van der Waals surface area contributed by atoms with Crippen molar-refractivity contribution in [3.8, 4) is 0 Å². The molecule has 0 aromatic rings. The number of nitrogens with one attached hydrogen (secondary N) is 2. The Morgan fingerprint density at radius 3 is 2.96 bits per heavy atom. The molecule has 2 aliphatic rings. The van der Waals surface area contributed by atoms with Crippen LogP contribution in [0.1, 0.15) is 13.8 Å². The SMILES string of the molecule is CC(=NCCNCCN)C1C=CC=C(C2(C)NCCN2CCN)[N-]1.[Ni+2]. The topological polar surface area (TPSA) is 106 Å². The minimum atomic E-state index is -0.245. The quantitative estimate of drug-likeness (QED) is 0.246. The van der Waals surface area contributed by atoms with Crippen LogP contribution in [0, 0.1) is 0 Å². The Kier molecular flexibility index (Phi) is 9.86. The van der Waals surface area contributed by atoms with Gasteiger partial charge in [-0.25, -0.2) is 0 Å². The van der Waals surface area contributed by atoms with E-state index in [2.05, 4.69) is 45.7 Å². The fraction of sp³-hybridized carbons (Fsp3) is 0.706. The molecule has 8 heteroatoms. The maximum absolute atomic E-state index is 5.76. The van der Waals surface area contributed by atoms with Crippen LogP contribution >= 0.6 is 0 Å². The van der Waals surface area contributed by atoms with E-state index in [1.165, 1.54) is 0 Å². The number of hydrogen-bond acceptors (Lipinski definition) is 6. The van der Waals surface area contributed by atoms with Gasteiger partial charge in [0.15, 0.2) is 0 Å². The minimum absolute atomic E-state index is 0. The summed E-state index contributed by atoms with van der Waals surface area (Å²) in [6.45, 7) is 10.8. The molecule has 0 bridgehead atoms.